The quantitative estimate of drug-likeness (QED) is 0.636. The molecule has 0 saturated heterocycles. The standard InChI is InChI=1S/C18H17N3OS/c1-22-15-7-4-6-14(12-15)13-23-18-20-16-8-2-3-9-17(16)21(18)11-5-10-19/h2-4,6-9,12H,5,11,13H2,1H3. The molecule has 0 radical (unpaired) electrons. The number of rotatable bonds is 6. The summed E-state index contributed by atoms with van der Waals surface area (Å²) in [4.78, 5) is 4.71. The zero-order chi connectivity index (χ0) is 16.1. The Kier molecular flexibility index (Phi) is 4.84. The fraction of sp³-hybridized carbons (Fsp3) is 0.222. The number of benzene rings is 2. The van der Waals surface area contributed by atoms with Crippen LogP contribution in [-0.4, -0.2) is 16.7 Å². The maximum absolute atomic E-state index is 8.89. The van der Waals surface area contributed by atoms with E-state index in [4.69, 9.17) is 15.0 Å². The summed E-state index contributed by atoms with van der Waals surface area (Å²) in [7, 11) is 1.67. The van der Waals surface area contributed by atoms with Gasteiger partial charge in [0, 0.05) is 12.3 Å². The molecule has 3 aromatic rings. The lowest BCUT2D eigenvalue weighted by Gasteiger charge is -2.07. The van der Waals surface area contributed by atoms with Crippen LogP contribution in [0.3, 0.4) is 0 Å². The summed E-state index contributed by atoms with van der Waals surface area (Å²) < 4.78 is 7.39. The molecule has 0 amide bonds. The first-order valence-corrected chi connectivity index (χ1v) is 8.38. The number of ether oxygens (including phenoxy) is 1. The highest BCUT2D eigenvalue weighted by Crippen LogP contribution is 2.28. The number of aromatic nitrogens is 2. The van der Waals surface area contributed by atoms with E-state index < -0.39 is 0 Å². The number of fused-ring (bicyclic) bond motifs is 1. The highest BCUT2D eigenvalue weighted by Gasteiger charge is 2.11. The van der Waals surface area contributed by atoms with E-state index in [-0.39, 0.29) is 0 Å². The average molecular weight is 323 g/mol. The number of thioether (sulfide) groups is 1. The third-order valence-electron chi connectivity index (χ3n) is 3.57. The molecule has 116 valence electrons. The average Bonchev–Trinajstić information content (AvgIpc) is 2.96. The van der Waals surface area contributed by atoms with E-state index in [1.54, 1.807) is 18.9 Å². The number of hydrogen-bond acceptors (Lipinski definition) is 4. The second kappa shape index (κ2) is 7.21. The first-order valence-electron chi connectivity index (χ1n) is 7.40. The van der Waals surface area contributed by atoms with E-state index in [0.29, 0.717) is 13.0 Å². The van der Waals surface area contributed by atoms with Crippen LogP contribution in [0.15, 0.2) is 53.7 Å². The zero-order valence-electron chi connectivity index (χ0n) is 12.9. The predicted octanol–water partition coefficient (Wildman–Crippen LogP) is 4.25. The third-order valence-corrected chi connectivity index (χ3v) is 4.62. The van der Waals surface area contributed by atoms with E-state index in [2.05, 4.69) is 22.8 Å². The smallest absolute Gasteiger partial charge is 0.169 e. The molecule has 0 aliphatic heterocycles. The van der Waals surface area contributed by atoms with Gasteiger partial charge >= 0.3 is 0 Å². The molecule has 1 heterocycles. The summed E-state index contributed by atoms with van der Waals surface area (Å²) in [6.45, 7) is 0.664. The highest BCUT2D eigenvalue weighted by molar-refractivity contribution is 7.98. The van der Waals surface area contributed by atoms with Gasteiger partial charge in [-0.3, -0.25) is 0 Å². The van der Waals surface area contributed by atoms with Crippen LogP contribution in [0.4, 0.5) is 0 Å². The van der Waals surface area contributed by atoms with Crippen molar-refractivity contribution in [2.75, 3.05) is 7.11 Å². The van der Waals surface area contributed by atoms with E-state index in [1.807, 2.05) is 36.4 Å². The molecule has 0 atom stereocenters. The van der Waals surface area contributed by atoms with E-state index in [1.165, 1.54) is 5.56 Å². The summed E-state index contributed by atoms with van der Waals surface area (Å²) in [5.74, 6) is 1.67. The minimum Gasteiger partial charge on any atom is -0.497 e. The van der Waals surface area contributed by atoms with Gasteiger partial charge in [0.05, 0.1) is 30.6 Å². The Morgan fingerprint density at radius 1 is 1.22 bits per heavy atom. The Labute approximate surface area is 139 Å². The van der Waals surface area contributed by atoms with Gasteiger partial charge in [0.2, 0.25) is 0 Å². The number of imidazole rings is 1. The second-order valence-electron chi connectivity index (χ2n) is 5.08. The molecule has 0 saturated carbocycles. The molecule has 0 fully saturated rings. The molecular weight excluding hydrogens is 306 g/mol. The molecule has 4 nitrogen and oxygen atoms in total. The number of methoxy groups -OCH3 is 1. The van der Waals surface area contributed by atoms with Crippen molar-refractivity contribution < 1.29 is 4.74 Å². The first kappa shape index (κ1) is 15.4. The number of aryl methyl sites for hydroxylation is 1. The minimum absolute atomic E-state index is 0.479. The Balaban J connectivity index is 1.85. The topological polar surface area (TPSA) is 50.8 Å². The SMILES string of the molecule is COc1cccc(CSc2nc3ccccc3n2CCC#N)c1. The summed E-state index contributed by atoms with van der Waals surface area (Å²) in [6.07, 6.45) is 0.479. The van der Waals surface area contributed by atoms with Crippen molar-refractivity contribution in [1.29, 1.82) is 5.26 Å². The summed E-state index contributed by atoms with van der Waals surface area (Å²) in [5.41, 5.74) is 3.24. The van der Waals surface area contributed by atoms with Gasteiger partial charge in [0.25, 0.3) is 0 Å². The van der Waals surface area contributed by atoms with Crippen molar-refractivity contribution in [1.82, 2.24) is 9.55 Å². The fourth-order valence-corrected chi connectivity index (χ4v) is 3.44. The van der Waals surface area contributed by atoms with Crippen molar-refractivity contribution >= 4 is 22.8 Å². The van der Waals surface area contributed by atoms with Gasteiger partial charge in [-0.25, -0.2) is 4.98 Å². The number of nitrogens with zero attached hydrogens (tertiary/aromatic N) is 3. The molecule has 1 aromatic heterocycles. The lowest BCUT2D eigenvalue weighted by molar-refractivity contribution is 0.414. The monoisotopic (exact) mass is 323 g/mol. The Morgan fingerprint density at radius 3 is 2.91 bits per heavy atom. The van der Waals surface area contributed by atoms with Gasteiger partial charge in [-0.2, -0.15) is 5.26 Å². The van der Waals surface area contributed by atoms with Gasteiger partial charge in [-0.15, -0.1) is 0 Å². The number of hydrogen-bond donors (Lipinski definition) is 0. The Bertz CT molecular complexity index is 851. The van der Waals surface area contributed by atoms with Crippen LogP contribution in [0.2, 0.25) is 0 Å². The van der Waals surface area contributed by atoms with E-state index in [9.17, 15) is 0 Å². The van der Waals surface area contributed by atoms with Gasteiger partial charge in [0.15, 0.2) is 5.16 Å². The molecule has 0 N–H and O–H groups in total. The molecule has 23 heavy (non-hydrogen) atoms. The third kappa shape index (κ3) is 3.49. The van der Waals surface area contributed by atoms with Gasteiger partial charge in [-0.1, -0.05) is 36.0 Å². The van der Waals surface area contributed by atoms with Crippen LogP contribution < -0.4 is 4.74 Å². The van der Waals surface area contributed by atoms with Crippen molar-refractivity contribution in [2.24, 2.45) is 0 Å². The molecule has 0 spiro atoms. The molecule has 0 unspecified atom stereocenters. The summed E-state index contributed by atoms with van der Waals surface area (Å²) in [6, 6.07) is 18.3. The molecule has 0 bridgehead atoms. The maximum Gasteiger partial charge on any atom is 0.169 e. The summed E-state index contributed by atoms with van der Waals surface area (Å²) in [5, 5.41) is 9.84. The van der Waals surface area contributed by atoms with Crippen molar-refractivity contribution in [3.05, 3.63) is 54.1 Å². The second-order valence-corrected chi connectivity index (χ2v) is 6.03. The van der Waals surface area contributed by atoms with Crippen LogP contribution in [0.1, 0.15) is 12.0 Å². The van der Waals surface area contributed by atoms with Gasteiger partial charge in [0.1, 0.15) is 5.75 Å². The molecule has 2 aromatic carbocycles. The number of para-hydroxylation sites is 2. The summed E-state index contributed by atoms with van der Waals surface area (Å²) >= 11 is 1.68. The normalized spacial score (nSPS) is 10.6. The van der Waals surface area contributed by atoms with Crippen molar-refractivity contribution in [3.8, 4) is 11.8 Å². The van der Waals surface area contributed by atoms with Crippen LogP contribution in [0.25, 0.3) is 11.0 Å². The highest BCUT2D eigenvalue weighted by atomic mass is 32.2. The van der Waals surface area contributed by atoms with Gasteiger partial charge in [-0.05, 0) is 29.8 Å². The lowest BCUT2D eigenvalue weighted by atomic mass is 10.2. The zero-order valence-corrected chi connectivity index (χ0v) is 13.7. The Morgan fingerprint density at radius 2 is 2.09 bits per heavy atom. The predicted molar refractivity (Wildman–Crippen MR) is 92.5 cm³/mol. The molecule has 0 aliphatic rings. The molecule has 5 heteroatoms. The van der Waals surface area contributed by atoms with E-state index in [0.717, 1.165) is 27.7 Å². The van der Waals surface area contributed by atoms with Gasteiger partial charge < -0.3 is 9.30 Å². The maximum atomic E-state index is 8.89. The number of nitriles is 1. The van der Waals surface area contributed by atoms with Crippen LogP contribution in [-0.2, 0) is 12.3 Å². The first-order chi connectivity index (χ1) is 11.3. The minimum atomic E-state index is 0.479. The van der Waals surface area contributed by atoms with Crippen LogP contribution >= 0.6 is 11.8 Å². The van der Waals surface area contributed by atoms with Crippen LogP contribution in [0.5, 0.6) is 5.75 Å². The molecule has 0 aliphatic carbocycles. The van der Waals surface area contributed by atoms with Crippen LogP contribution in [0, 0.1) is 11.3 Å². The van der Waals surface area contributed by atoms with E-state index >= 15 is 0 Å². The van der Waals surface area contributed by atoms with Crippen molar-refractivity contribution in [3.63, 3.8) is 0 Å². The molecule has 3 rings (SSSR count). The molecular formula is C18H17N3OS. The largest absolute Gasteiger partial charge is 0.497 e. The Hall–Kier alpha value is -2.45. The fourth-order valence-electron chi connectivity index (χ4n) is 2.45. The van der Waals surface area contributed by atoms with Crippen molar-refractivity contribution in [2.45, 2.75) is 23.9 Å². The lowest BCUT2D eigenvalue weighted by Crippen LogP contribution is -1.99.